The summed E-state index contributed by atoms with van der Waals surface area (Å²) < 4.78 is 5.36. The highest BCUT2D eigenvalue weighted by Gasteiger charge is 2.22. The molecule has 0 aromatic heterocycles. The van der Waals surface area contributed by atoms with Crippen molar-refractivity contribution in [3.05, 3.63) is 27.7 Å². The van der Waals surface area contributed by atoms with Gasteiger partial charge in [0.1, 0.15) is 11.8 Å². The van der Waals surface area contributed by atoms with Crippen LogP contribution in [0.3, 0.4) is 0 Å². The monoisotopic (exact) mass is 314 g/mol. The predicted octanol–water partition coefficient (Wildman–Crippen LogP) is 3.48. The molecule has 1 aromatic rings. The number of hydrogen-bond donors (Lipinski definition) is 0. The largest absolute Gasteiger partial charge is 0.465 e. The normalized spacial score (nSPS) is 11.9. The van der Waals surface area contributed by atoms with Crippen LogP contribution in [0.4, 0.5) is 0 Å². The number of carbonyl (C=O) groups excluding carboxylic acids is 1. The van der Waals surface area contributed by atoms with E-state index in [1.807, 2.05) is 19.9 Å². The molecule has 0 saturated heterocycles. The van der Waals surface area contributed by atoms with Crippen molar-refractivity contribution in [2.24, 2.45) is 0 Å². The minimum Gasteiger partial charge on any atom is -0.465 e. The molecule has 0 bridgehead atoms. The van der Waals surface area contributed by atoms with Gasteiger partial charge >= 0.3 is 0 Å². The molecule has 0 saturated carbocycles. The lowest BCUT2D eigenvalue weighted by atomic mass is 10.0. The van der Waals surface area contributed by atoms with Crippen molar-refractivity contribution in [2.45, 2.75) is 25.9 Å². The maximum absolute atomic E-state index is 11.7. The lowest BCUT2D eigenvalue weighted by Gasteiger charge is -2.18. The van der Waals surface area contributed by atoms with E-state index in [2.05, 4.69) is 0 Å². The van der Waals surface area contributed by atoms with Crippen LogP contribution in [-0.4, -0.2) is 31.0 Å². The maximum atomic E-state index is 11.7. The molecule has 0 aliphatic rings. The summed E-state index contributed by atoms with van der Waals surface area (Å²) >= 11 is 12.3. The van der Waals surface area contributed by atoms with E-state index in [1.165, 1.54) is 4.90 Å². The van der Waals surface area contributed by atoms with Crippen molar-refractivity contribution in [2.75, 3.05) is 14.1 Å². The summed E-state index contributed by atoms with van der Waals surface area (Å²) in [5, 5.41) is 9.91. The first-order chi connectivity index (χ1) is 9.27. The highest BCUT2D eigenvalue weighted by Crippen LogP contribution is 2.35. The molecule has 1 amide bonds. The Labute approximate surface area is 128 Å². The van der Waals surface area contributed by atoms with Gasteiger partial charge in [-0.2, -0.15) is 5.26 Å². The van der Waals surface area contributed by atoms with Gasteiger partial charge in [0.25, 0.3) is 12.0 Å². The number of carbonyl (C=O) groups is 1. The molecule has 0 radical (unpaired) electrons. The van der Waals surface area contributed by atoms with Crippen LogP contribution < -0.4 is 4.74 Å². The Morgan fingerprint density at radius 3 is 2.15 bits per heavy atom. The highest BCUT2D eigenvalue weighted by molar-refractivity contribution is 6.36. The quantitative estimate of drug-likeness (QED) is 0.855. The standard InChI is InChI=1S/C14H16Cl2N2O2/c1-8(2)13-10(15)5-9(6-11(13)16)20-12(7-17)14(19)18(3)4/h5-6,8,12H,1-4H3. The number of nitriles is 1. The Kier molecular flexibility index (Phi) is 5.67. The molecular weight excluding hydrogens is 299 g/mol. The zero-order chi connectivity index (χ0) is 15.4. The third kappa shape index (κ3) is 3.78. The van der Waals surface area contributed by atoms with Gasteiger partial charge in [0, 0.05) is 24.1 Å². The van der Waals surface area contributed by atoms with Gasteiger partial charge in [-0.05, 0) is 23.6 Å². The second-order valence-electron chi connectivity index (χ2n) is 4.81. The molecule has 0 spiro atoms. The van der Waals surface area contributed by atoms with Crippen LogP contribution in [0.1, 0.15) is 25.3 Å². The van der Waals surface area contributed by atoms with E-state index in [1.54, 1.807) is 26.2 Å². The molecule has 0 aliphatic heterocycles. The smallest absolute Gasteiger partial charge is 0.278 e. The lowest BCUT2D eigenvalue weighted by Crippen LogP contribution is -2.36. The number of nitrogens with zero attached hydrogens (tertiary/aromatic N) is 2. The van der Waals surface area contributed by atoms with E-state index in [9.17, 15) is 4.79 Å². The summed E-state index contributed by atoms with van der Waals surface area (Å²) in [6.07, 6.45) is -1.22. The summed E-state index contributed by atoms with van der Waals surface area (Å²) in [7, 11) is 3.11. The summed E-state index contributed by atoms with van der Waals surface area (Å²) in [5.41, 5.74) is 0.813. The number of benzene rings is 1. The molecule has 1 aromatic carbocycles. The van der Waals surface area contributed by atoms with Crippen molar-refractivity contribution in [1.29, 1.82) is 5.26 Å². The Morgan fingerprint density at radius 1 is 1.30 bits per heavy atom. The van der Waals surface area contributed by atoms with Crippen LogP contribution in [0.15, 0.2) is 12.1 Å². The van der Waals surface area contributed by atoms with Crippen LogP contribution in [0.25, 0.3) is 0 Å². The molecular formula is C14H16Cl2N2O2. The molecule has 0 aliphatic carbocycles. The summed E-state index contributed by atoms with van der Waals surface area (Å²) in [6, 6.07) is 4.94. The molecule has 1 atom stereocenters. The van der Waals surface area contributed by atoms with E-state index in [4.69, 9.17) is 33.2 Å². The molecule has 20 heavy (non-hydrogen) atoms. The summed E-state index contributed by atoms with van der Waals surface area (Å²) in [4.78, 5) is 13.0. The molecule has 4 nitrogen and oxygen atoms in total. The molecule has 1 rings (SSSR count). The molecule has 0 N–H and O–H groups in total. The Morgan fingerprint density at radius 2 is 1.80 bits per heavy atom. The van der Waals surface area contributed by atoms with E-state index in [0.29, 0.717) is 15.8 Å². The van der Waals surface area contributed by atoms with Gasteiger partial charge in [0.2, 0.25) is 0 Å². The minimum atomic E-state index is -1.22. The second kappa shape index (κ2) is 6.83. The Hall–Kier alpha value is -1.44. The van der Waals surface area contributed by atoms with E-state index in [-0.39, 0.29) is 5.92 Å². The van der Waals surface area contributed by atoms with Gasteiger partial charge in [-0.25, -0.2) is 0 Å². The molecule has 6 heteroatoms. The number of halogens is 2. The SMILES string of the molecule is CC(C)c1c(Cl)cc(OC(C#N)C(=O)N(C)C)cc1Cl. The zero-order valence-corrected chi connectivity index (χ0v) is 13.3. The summed E-state index contributed by atoms with van der Waals surface area (Å²) in [5.74, 6) is 0.0260. The number of ether oxygens (including phenoxy) is 1. The fraction of sp³-hybridized carbons (Fsp3) is 0.429. The van der Waals surface area contributed by atoms with Crippen LogP contribution in [-0.2, 0) is 4.79 Å². The Bertz CT molecular complexity index is 528. The van der Waals surface area contributed by atoms with E-state index in [0.717, 1.165) is 5.56 Å². The van der Waals surface area contributed by atoms with Crippen LogP contribution in [0.5, 0.6) is 5.75 Å². The van der Waals surface area contributed by atoms with Crippen LogP contribution in [0, 0.1) is 11.3 Å². The van der Waals surface area contributed by atoms with Crippen LogP contribution >= 0.6 is 23.2 Å². The topological polar surface area (TPSA) is 53.3 Å². The van der Waals surface area contributed by atoms with Gasteiger partial charge in [-0.15, -0.1) is 0 Å². The van der Waals surface area contributed by atoms with Gasteiger partial charge in [0.15, 0.2) is 0 Å². The van der Waals surface area contributed by atoms with Gasteiger partial charge in [-0.1, -0.05) is 37.0 Å². The molecule has 108 valence electrons. The first kappa shape index (κ1) is 16.6. The molecule has 0 heterocycles. The summed E-state index contributed by atoms with van der Waals surface area (Å²) in [6.45, 7) is 3.95. The first-order valence-electron chi connectivity index (χ1n) is 6.04. The minimum absolute atomic E-state index is 0.166. The average Bonchev–Trinajstić information content (AvgIpc) is 2.33. The fourth-order valence-corrected chi connectivity index (χ4v) is 2.59. The number of amides is 1. The van der Waals surface area contributed by atoms with Crippen molar-refractivity contribution < 1.29 is 9.53 Å². The average molecular weight is 315 g/mol. The number of rotatable bonds is 4. The highest BCUT2D eigenvalue weighted by atomic mass is 35.5. The molecule has 0 fully saturated rings. The van der Waals surface area contributed by atoms with Gasteiger partial charge < -0.3 is 9.64 Å². The van der Waals surface area contributed by atoms with E-state index < -0.39 is 12.0 Å². The van der Waals surface area contributed by atoms with Gasteiger partial charge in [0.05, 0.1) is 0 Å². The van der Waals surface area contributed by atoms with Crippen LogP contribution in [0.2, 0.25) is 10.0 Å². The first-order valence-corrected chi connectivity index (χ1v) is 6.79. The van der Waals surface area contributed by atoms with E-state index >= 15 is 0 Å². The predicted molar refractivity (Wildman–Crippen MR) is 79.3 cm³/mol. The number of likely N-dealkylation sites (N-methyl/N-ethyl adjacent to an activating group) is 1. The second-order valence-corrected chi connectivity index (χ2v) is 5.63. The molecule has 1 unspecified atom stereocenters. The Balaban J connectivity index is 3.05. The number of hydrogen-bond acceptors (Lipinski definition) is 3. The van der Waals surface area contributed by atoms with Crippen molar-refractivity contribution >= 4 is 29.1 Å². The third-order valence-electron chi connectivity index (χ3n) is 2.67. The van der Waals surface area contributed by atoms with Crippen molar-refractivity contribution in [1.82, 2.24) is 4.90 Å². The third-order valence-corrected chi connectivity index (χ3v) is 3.29. The van der Waals surface area contributed by atoms with Gasteiger partial charge in [-0.3, -0.25) is 4.79 Å². The van der Waals surface area contributed by atoms with Crippen molar-refractivity contribution in [3.8, 4) is 11.8 Å². The van der Waals surface area contributed by atoms with Crippen molar-refractivity contribution in [3.63, 3.8) is 0 Å². The fourth-order valence-electron chi connectivity index (χ4n) is 1.68. The maximum Gasteiger partial charge on any atom is 0.278 e. The lowest BCUT2D eigenvalue weighted by molar-refractivity contribution is -0.133. The zero-order valence-electron chi connectivity index (χ0n) is 11.8.